The van der Waals surface area contributed by atoms with Crippen LogP contribution in [0.15, 0.2) is 24.5 Å². The Hall–Kier alpha value is -3.66. The lowest BCUT2D eigenvalue weighted by Gasteiger charge is -2.35. The van der Waals surface area contributed by atoms with Gasteiger partial charge in [0.25, 0.3) is 0 Å². The molecule has 4 N–H and O–H groups in total. The average Bonchev–Trinajstić information content (AvgIpc) is 2.82. The third kappa shape index (κ3) is 3.73. The molecule has 0 spiro atoms. The highest BCUT2D eigenvalue weighted by molar-refractivity contribution is 5.99. The van der Waals surface area contributed by atoms with Crippen LogP contribution in [0.4, 0.5) is 26.4 Å². The summed E-state index contributed by atoms with van der Waals surface area (Å²) in [6.45, 7) is 4.59. The van der Waals surface area contributed by atoms with Gasteiger partial charge in [-0.25, -0.2) is 19.2 Å². The fourth-order valence-electron chi connectivity index (χ4n) is 4.90. The van der Waals surface area contributed by atoms with Crippen molar-refractivity contribution in [1.29, 1.82) is 0 Å². The molecule has 1 saturated heterocycles. The van der Waals surface area contributed by atoms with Crippen molar-refractivity contribution in [2.24, 2.45) is 0 Å². The number of aromatic nitrogens is 2. The molecular weight excluding hydrogens is 439 g/mol. The van der Waals surface area contributed by atoms with Gasteiger partial charge in [-0.3, -0.25) is 4.90 Å². The number of nitrogen functional groups attached to an aromatic ring is 1. The van der Waals surface area contributed by atoms with Gasteiger partial charge < -0.3 is 25.8 Å². The van der Waals surface area contributed by atoms with Gasteiger partial charge in [0.2, 0.25) is 5.88 Å². The Morgan fingerprint density at radius 3 is 2.91 bits per heavy atom. The van der Waals surface area contributed by atoms with Gasteiger partial charge >= 0.3 is 6.09 Å². The second kappa shape index (κ2) is 8.60. The zero-order chi connectivity index (χ0) is 24.0. The Morgan fingerprint density at radius 2 is 2.15 bits per heavy atom. The molecule has 1 fully saturated rings. The standard InChI is InChI=1S/C24H27FN6O3/c1-13-17(10-29-23-22(13)27-5-7-34-23)16-8-14-9-19(28-11-18(14)21(26)20(16)25)31(24(32)33)15-4-3-6-30(2)12-15/h8-11,15,27H,3-7,12,26H2,1-2H3,(H,32,33). The molecule has 2 aliphatic heterocycles. The summed E-state index contributed by atoms with van der Waals surface area (Å²) in [6, 6.07) is 3.13. The maximum Gasteiger partial charge on any atom is 0.413 e. The van der Waals surface area contributed by atoms with Crippen molar-refractivity contribution in [2.75, 3.05) is 49.2 Å². The third-order valence-electron chi connectivity index (χ3n) is 6.64. The summed E-state index contributed by atoms with van der Waals surface area (Å²) in [4.78, 5) is 24.3. The molecular formula is C24H27FN6O3. The number of hydrogen-bond acceptors (Lipinski definition) is 7. The number of halogens is 1. The van der Waals surface area contributed by atoms with E-state index in [1.54, 1.807) is 18.3 Å². The normalized spacial score (nSPS) is 18.1. The monoisotopic (exact) mass is 466 g/mol. The Bertz CT molecular complexity index is 1280. The Labute approximate surface area is 196 Å². The van der Waals surface area contributed by atoms with E-state index in [-0.39, 0.29) is 11.7 Å². The molecule has 1 amide bonds. The van der Waals surface area contributed by atoms with Crippen LogP contribution in [-0.4, -0.2) is 65.4 Å². The van der Waals surface area contributed by atoms with Crippen molar-refractivity contribution in [2.45, 2.75) is 25.8 Å². The quantitative estimate of drug-likeness (QED) is 0.500. The van der Waals surface area contributed by atoms with Crippen molar-refractivity contribution in [3.8, 4) is 17.0 Å². The van der Waals surface area contributed by atoms with Crippen molar-refractivity contribution in [1.82, 2.24) is 14.9 Å². The highest BCUT2D eigenvalue weighted by Gasteiger charge is 2.30. The molecule has 2 aliphatic rings. The number of carbonyl (C=O) groups is 1. The van der Waals surface area contributed by atoms with Gasteiger partial charge in [0.15, 0.2) is 5.82 Å². The number of benzene rings is 1. The summed E-state index contributed by atoms with van der Waals surface area (Å²) < 4.78 is 21.0. The lowest BCUT2D eigenvalue weighted by atomic mass is 9.97. The molecule has 5 rings (SSSR count). The number of nitrogens with two attached hydrogens (primary N) is 1. The van der Waals surface area contributed by atoms with Crippen molar-refractivity contribution >= 4 is 34.1 Å². The number of fused-ring (bicyclic) bond motifs is 2. The van der Waals surface area contributed by atoms with Gasteiger partial charge in [0.1, 0.15) is 18.1 Å². The highest BCUT2D eigenvalue weighted by atomic mass is 19.1. The summed E-state index contributed by atoms with van der Waals surface area (Å²) >= 11 is 0. The van der Waals surface area contributed by atoms with E-state index in [0.717, 1.165) is 30.6 Å². The van der Waals surface area contributed by atoms with E-state index >= 15 is 4.39 Å². The second-order valence-electron chi connectivity index (χ2n) is 8.88. The van der Waals surface area contributed by atoms with Gasteiger partial charge in [-0.15, -0.1) is 0 Å². The topological polar surface area (TPSA) is 117 Å². The number of pyridine rings is 2. The fraction of sp³-hybridized carbons (Fsp3) is 0.375. The van der Waals surface area contributed by atoms with E-state index in [1.165, 1.54) is 11.1 Å². The first-order chi connectivity index (χ1) is 16.3. The van der Waals surface area contributed by atoms with Gasteiger partial charge in [-0.1, -0.05) is 0 Å². The average molecular weight is 467 g/mol. The summed E-state index contributed by atoms with van der Waals surface area (Å²) in [7, 11) is 1.98. The molecule has 1 aromatic carbocycles. The number of rotatable bonds is 3. The van der Waals surface area contributed by atoms with Crippen LogP contribution >= 0.6 is 0 Å². The first-order valence-corrected chi connectivity index (χ1v) is 11.3. The summed E-state index contributed by atoms with van der Waals surface area (Å²) in [5, 5.41) is 14.3. The Kier molecular flexibility index (Phi) is 5.60. The van der Waals surface area contributed by atoms with Crippen LogP contribution in [-0.2, 0) is 0 Å². The van der Waals surface area contributed by atoms with Crippen LogP contribution in [0, 0.1) is 12.7 Å². The van der Waals surface area contributed by atoms with E-state index in [1.807, 2.05) is 14.0 Å². The number of nitrogens with one attached hydrogen (secondary N) is 1. The molecule has 10 heteroatoms. The first kappa shape index (κ1) is 22.1. The van der Waals surface area contributed by atoms with E-state index in [4.69, 9.17) is 10.5 Å². The maximum absolute atomic E-state index is 15.4. The zero-order valence-electron chi connectivity index (χ0n) is 19.1. The molecule has 1 unspecified atom stereocenters. The van der Waals surface area contributed by atoms with Crippen molar-refractivity contribution in [3.05, 3.63) is 35.9 Å². The number of likely N-dealkylation sites (tertiary alicyclic amines) is 1. The molecule has 4 heterocycles. The van der Waals surface area contributed by atoms with Crippen LogP contribution in [0.3, 0.4) is 0 Å². The number of carboxylic acid groups (broad SMARTS) is 1. The van der Waals surface area contributed by atoms with Gasteiger partial charge in [0.05, 0.1) is 11.7 Å². The molecule has 0 aliphatic carbocycles. The molecule has 0 bridgehead atoms. The van der Waals surface area contributed by atoms with E-state index in [0.29, 0.717) is 53.3 Å². The molecule has 1 atom stereocenters. The summed E-state index contributed by atoms with van der Waals surface area (Å²) in [6.07, 6.45) is 3.62. The molecule has 3 aromatic rings. The molecule has 178 valence electrons. The van der Waals surface area contributed by atoms with Gasteiger partial charge in [-0.05, 0) is 56.4 Å². The smallest absolute Gasteiger partial charge is 0.413 e. The minimum absolute atomic E-state index is 0.0350. The van der Waals surface area contributed by atoms with Crippen LogP contribution in [0.2, 0.25) is 0 Å². The number of piperidine rings is 1. The van der Waals surface area contributed by atoms with E-state index < -0.39 is 11.9 Å². The second-order valence-corrected chi connectivity index (χ2v) is 8.88. The summed E-state index contributed by atoms with van der Waals surface area (Å²) in [5.74, 6) is 0.225. The molecule has 9 nitrogen and oxygen atoms in total. The van der Waals surface area contributed by atoms with E-state index in [9.17, 15) is 9.90 Å². The Morgan fingerprint density at radius 1 is 1.32 bits per heavy atom. The minimum Gasteiger partial charge on any atom is -0.474 e. The fourth-order valence-corrected chi connectivity index (χ4v) is 4.90. The molecule has 34 heavy (non-hydrogen) atoms. The summed E-state index contributed by atoms with van der Waals surface area (Å²) in [5.41, 5.74) is 8.56. The number of nitrogens with zero attached hydrogens (tertiary/aromatic N) is 4. The van der Waals surface area contributed by atoms with Crippen LogP contribution < -0.4 is 20.7 Å². The lowest BCUT2D eigenvalue weighted by molar-refractivity contribution is 0.187. The number of anilines is 3. The van der Waals surface area contributed by atoms with Crippen molar-refractivity contribution < 1.29 is 19.0 Å². The lowest BCUT2D eigenvalue weighted by Crippen LogP contribution is -2.49. The largest absolute Gasteiger partial charge is 0.474 e. The Balaban J connectivity index is 1.62. The van der Waals surface area contributed by atoms with E-state index in [2.05, 4.69) is 20.2 Å². The van der Waals surface area contributed by atoms with Gasteiger partial charge in [-0.2, -0.15) is 0 Å². The number of amides is 1. The highest BCUT2D eigenvalue weighted by Crippen LogP contribution is 2.40. The molecule has 0 radical (unpaired) electrons. The van der Waals surface area contributed by atoms with Crippen molar-refractivity contribution in [3.63, 3.8) is 0 Å². The van der Waals surface area contributed by atoms with Gasteiger partial charge in [0, 0.05) is 42.0 Å². The van der Waals surface area contributed by atoms with Crippen LogP contribution in [0.1, 0.15) is 18.4 Å². The predicted molar refractivity (Wildman–Crippen MR) is 129 cm³/mol. The SMILES string of the molecule is Cc1c(-c2cc3cc(N(C(=O)O)C4CCCN(C)C4)ncc3c(N)c2F)cnc2c1NCCO2. The predicted octanol–water partition coefficient (Wildman–Crippen LogP) is 3.71. The minimum atomic E-state index is -1.07. The number of ether oxygens (including phenoxy) is 1. The van der Waals surface area contributed by atoms with Crippen LogP contribution in [0.5, 0.6) is 5.88 Å². The maximum atomic E-state index is 15.4. The molecule has 2 aromatic heterocycles. The van der Waals surface area contributed by atoms with Crippen LogP contribution in [0.25, 0.3) is 21.9 Å². The first-order valence-electron chi connectivity index (χ1n) is 11.3. The molecule has 0 saturated carbocycles. The number of likely N-dealkylation sites (N-methyl/N-ethyl adjacent to an activating group) is 1. The number of hydrogen-bond donors (Lipinski definition) is 3. The third-order valence-corrected chi connectivity index (χ3v) is 6.64. The zero-order valence-corrected chi connectivity index (χ0v) is 19.1.